The summed E-state index contributed by atoms with van der Waals surface area (Å²) in [6.07, 6.45) is 4.05. The lowest BCUT2D eigenvalue weighted by atomic mass is 9.88. The van der Waals surface area contributed by atoms with Gasteiger partial charge < -0.3 is 4.98 Å². The molecule has 1 aromatic heterocycles. The van der Waals surface area contributed by atoms with E-state index in [9.17, 15) is 4.39 Å². The molecule has 1 heterocycles. The van der Waals surface area contributed by atoms with Crippen LogP contribution in [0, 0.1) is 11.2 Å². The summed E-state index contributed by atoms with van der Waals surface area (Å²) in [4.78, 5) is 3.21. The Bertz CT molecular complexity index is 537. The van der Waals surface area contributed by atoms with Crippen molar-refractivity contribution in [3.8, 4) is 0 Å². The quantitative estimate of drug-likeness (QED) is 0.798. The van der Waals surface area contributed by atoms with Gasteiger partial charge in [-0.15, -0.1) is 0 Å². The summed E-state index contributed by atoms with van der Waals surface area (Å²) in [6, 6.07) is 3.10. The van der Waals surface area contributed by atoms with Gasteiger partial charge in [-0.2, -0.15) is 0 Å². The molecule has 1 aromatic carbocycles. The van der Waals surface area contributed by atoms with Crippen molar-refractivity contribution < 1.29 is 4.39 Å². The number of fused-ring (bicyclic) bond motifs is 1. The maximum absolute atomic E-state index is 13.4. The molecule has 3 heteroatoms. The van der Waals surface area contributed by atoms with Crippen molar-refractivity contribution in [2.24, 2.45) is 5.41 Å². The third kappa shape index (κ3) is 2.89. The minimum absolute atomic E-state index is 0.194. The summed E-state index contributed by atoms with van der Waals surface area (Å²) in [7, 11) is 0. The van der Waals surface area contributed by atoms with Gasteiger partial charge in [-0.1, -0.05) is 20.8 Å². The van der Waals surface area contributed by atoms with Gasteiger partial charge in [0, 0.05) is 16.1 Å². The first kappa shape index (κ1) is 12.6. The fraction of sp³-hybridized carbons (Fsp3) is 0.429. The number of rotatable bonds is 2. The molecule has 92 valence electrons. The fourth-order valence-electron chi connectivity index (χ4n) is 1.93. The molecule has 0 fully saturated rings. The van der Waals surface area contributed by atoms with E-state index in [4.69, 9.17) is 0 Å². The highest BCUT2D eigenvalue weighted by Gasteiger charge is 2.13. The number of aryl methyl sites for hydroxylation is 1. The van der Waals surface area contributed by atoms with Gasteiger partial charge in [-0.05, 0) is 51.9 Å². The van der Waals surface area contributed by atoms with Crippen LogP contribution in [0.3, 0.4) is 0 Å². The van der Waals surface area contributed by atoms with Gasteiger partial charge in [0.05, 0.1) is 5.52 Å². The molecule has 2 aromatic rings. The molecule has 0 saturated heterocycles. The van der Waals surface area contributed by atoms with Gasteiger partial charge >= 0.3 is 0 Å². The highest BCUT2D eigenvalue weighted by molar-refractivity contribution is 9.10. The van der Waals surface area contributed by atoms with Gasteiger partial charge in [0.15, 0.2) is 0 Å². The van der Waals surface area contributed by atoms with Crippen LogP contribution < -0.4 is 0 Å². The average Bonchev–Trinajstić information content (AvgIpc) is 2.57. The molecule has 0 spiro atoms. The number of benzene rings is 1. The van der Waals surface area contributed by atoms with E-state index in [1.807, 2.05) is 6.20 Å². The first-order valence-corrected chi connectivity index (χ1v) is 6.61. The van der Waals surface area contributed by atoms with Gasteiger partial charge in [-0.3, -0.25) is 0 Å². The van der Waals surface area contributed by atoms with Crippen molar-refractivity contribution in [3.05, 3.63) is 34.2 Å². The molecule has 0 bridgehead atoms. The van der Waals surface area contributed by atoms with E-state index in [2.05, 4.69) is 41.7 Å². The van der Waals surface area contributed by atoms with Gasteiger partial charge in [0.2, 0.25) is 0 Å². The van der Waals surface area contributed by atoms with Crippen LogP contribution in [-0.2, 0) is 6.42 Å². The number of aromatic amines is 1. The van der Waals surface area contributed by atoms with Crippen LogP contribution >= 0.6 is 15.9 Å². The van der Waals surface area contributed by atoms with Crippen molar-refractivity contribution in [2.45, 2.75) is 33.6 Å². The van der Waals surface area contributed by atoms with E-state index in [-0.39, 0.29) is 5.82 Å². The first-order chi connectivity index (χ1) is 7.87. The largest absolute Gasteiger partial charge is 0.360 e. The van der Waals surface area contributed by atoms with E-state index in [0.717, 1.165) is 28.2 Å². The normalized spacial score (nSPS) is 12.3. The molecule has 0 aliphatic rings. The lowest BCUT2D eigenvalue weighted by Gasteiger charge is -2.17. The molecular formula is C14H17BrFN. The smallest absolute Gasteiger partial charge is 0.125 e. The lowest BCUT2D eigenvalue weighted by Crippen LogP contribution is -2.06. The third-order valence-electron chi connectivity index (χ3n) is 2.94. The van der Waals surface area contributed by atoms with Crippen LogP contribution in [0.1, 0.15) is 32.8 Å². The zero-order chi connectivity index (χ0) is 12.6. The second kappa shape index (κ2) is 4.45. The second-order valence-electron chi connectivity index (χ2n) is 5.68. The predicted molar refractivity (Wildman–Crippen MR) is 73.7 cm³/mol. The maximum Gasteiger partial charge on any atom is 0.125 e. The summed E-state index contributed by atoms with van der Waals surface area (Å²) in [6.45, 7) is 6.66. The van der Waals surface area contributed by atoms with Gasteiger partial charge in [0.25, 0.3) is 0 Å². The second-order valence-corrected chi connectivity index (χ2v) is 6.54. The molecule has 0 radical (unpaired) electrons. The van der Waals surface area contributed by atoms with Crippen molar-refractivity contribution >= 4 is 26.8 Å². The molecular weight excluding hydrogens is 281 g/mol. The minimum Gasteiger partial charge on any atom is -0.360 e. The Morgan fingerprint density at radius 2 is 2.00 bits per heavy atom. The molecule has 0 saturated carbocycles. The van der Waals surface area contributed by atoms with E-state index in [1.54, 1.807) is 6.07 Å². The van der Waals surface area contributed by atoms with E-state index in [0.29, 0.717) is 5.41 Å². The first-order valence-electron chi connectivity index (χ1n) is 5.82. The molecule has 1 N–H and O–H groups in total. The summed E-state index contributed by atoms with van der Waals surface area (Å²) >= 11 is 3.38. The van der Waals surface area contributed by atoms with E-state index >= 15 is 0 Å². The Hall–Kier alpha value is -0.830. The third-order valence-corrected chi connectivity index (χ3v) is 3.56. The van der Waals surface area contributed by atoms with Crippen LogP contribution in [-0.4, -0.2) is 4.98 Å². The topological polar surface area (TPSA) is 15.8 Å². The summed E-state index contributed by atoms with van der Waals surface area (Å²) < 4.78 is 14.2. The summed E-state index contributed by atoms with van der Waals surface area (Å²) in [5.74, 6) is -0.194. The number of aromatic nitrogens is 1. The molecule has 1 nitrogen and oxygen atoms in total. The molecule has 0 amide bonds. The lowest BCUT2D eigenvalue weighted by molar-refractivity contribution is 0.378. The number of halogens is 2. The molecule has 0 unspecified atom stereocenters. The van der Waals surface area contributed by atoms with Crippen LogP contribution in [0.4, 0.5) is 4.39 Å². The van der Waals surface area contributed by atoms with E-state index in [1.165, 1.54) is 11.6 Å². The van der Waals surface area contributed by atoms with Crippen LogP contribution in [0.5, 0.6) is 0 Å². The Morgan fingerprint density at radius 1 is 1.29 bits per heavy atom. The Morgan fingerprint density at radius 3 is 2.65 bits per heavy atom. The Kier molecular flexibility index (Phi) is 3.30. The molecule has 2 rings (SSSR count). The Balaban J connectivity index is 2.36. The van der Waals surface area contributed by atoms with Crippen LogP contribution in [0.25, 0.3) is 10.9 Å². The number of nitrogens with one attached hydrogen (secondary N) is 1. The number of hydrogen-bond donors (Lipinski definition) is 1. The monoisotopic (exact) mass is 297 g/mol. The van der Waals surface area contributed by atoms with Crippen molar-refractivity contribution in [1.29, 1.82) is 0 Å². The standard InChI is InChI=1S/C14H17BrFN/c1-14(2,3)5-4-9-8-17-13-11(9)6-10(16)7-12(13)15/h6-8,17H,4-5H2,1-3H3. The molecule has 17 heavy (non-hydrogen) atoms. The van der Waals surface area contributed by atoms with Crippen LogP contribution in [0.15, 0.2) is 22.8 Å². The number of H-pyrrole nitrogens is 1. The predicted octanol–water partition coefficient (Wildman–Crippen LogP) is 5.05. The molecule has 0 aliphatic heterocycles. The zero-order valence-corrected chi connectivity index (χ0v) is 12.0. The SMILES string of the molecule is CC(C)(C)CCc1c[nH]c2c(Br)cc(F)cc12. The molecule has 0 atom stereocenters. The van der Waals surface area contributed by atoms with Crippen molar-refractivity contribution in [2.75, 3.05) is 0 Å². The minimum atomic E-state index is -0.194. The maximum atomic E-state index is 13.4. The van der Waals surface area contributed by atoms with Crippen LogP contribution in [0.2, 0.25) is 0 Å². The molecule has 0 aliphatic carbocycles. The van der Waals surface area contributed by atoms with Gasteiger partial charge in [-0.25, -0.2) is 4.39 Å². The zero-order valence-electron chi connectivity index (χ0n) is 10.4. The highest BCUT2D eigenvalue weighted by Crippen LogP contribution is 2.30. The Labute approximate surface area is 110 Å². The summed E-state index contributed by atoms with van der Waals surface area (Å²) in [5, 5.41) is 0.987. The fourth-order valence-corrected chi connectivity index (χ4v) is 2.47. The van der Waals surface area contributed by atoms with Gasteiger partial charge in [0.1, 0.15) is 5.82 Å². The number of hydrogen-bond acceptors (Lipinski definition) is 0. The highest BCUT2D eigenvalue weighted by atomic mass is 79.9. The van der Waals surface area contributed by atoms with E-state index < -0.39 is 0 Å². The van der Waals surface area contributed by atoms with Crippen molar-refractivity contribution in [1.82, 2.24) is 4.98 Å². The van der Waals surface area contributed by atoms with Crippen molar-refractivity contribution in [3.63, 3.8) is 0 Å². The average molecular weight is 298 g/mol. The summed E-state index contributed by atoms with van der Waals surface area (Å²) in [5.41, 5.74) is 2.47.